The van der Waals surface area contributed by atoms with Gasteiger partial charge in [0.1, 0.15) is 0 Å². The molecule has 70 valence electrons. The van der Waals surface area contributed by atoms with Gasteiger partial charge in [0.15, 0.2) is 0 Å². The van der Waals surface area contributed by atoms with E-state index in [4.69, 9.17) is 10.2 Å². The average molecular weight is 177 g/mol. The third-order valence-corrected chi connectivity index (χ3v) is 1.81. The largest absolute Gasteiger partial charge is 0.231 e. The lowest BCUT2D eigenvalue weighted by Gasteiger charge is -1.98. The lowest BCUT2D eigenvalue weighted by Crippen LogP contribution is -1.83. The second kappa shape index (κ2) is 7.26. The molecule has 0 aliphatic heterocycles. The minimum atomic E-state index is 0.750. The van der Waals surface area contributed by atoms with E-state index in [1.165, 1.54) is 11.1 Å². The molecule has 0 saturated carbocycles. The van der Waals surface area contributed by atoms with Gasteiger partial charge in [-0.1, -0.05) is 38.1 Å². The molecule has 0 heterocycles. The minimum absolute atomic E-state index is 0.750. The van der Waals surface area contributed by atoms with Crippen LogP contribution in [0.4, 0.5) is 0 Å². The molecule has 0 saturated heterocycles. The molecule has 0 amide bonds. The summed E-state index contributed by atoms with van der Waals surface area (Å²) in [5.41, 5.74) is 2.89. The normalized spacial score (nSPS) is 8.15. The Morgan fingerprint density at radius 1 is 1.23 bits per heavy atom. The van der Waals surface area contributed by atoms with E-state index in [9.17, 15) is 0 Å². The highest BCUT2D eigenvalue weighted by Gasteiger charge is 1.89. The first-order chi connectivity index (χ1) is 6.28. The number of aryl methyl sites for hydroxylation is 2. The van der Waals surface area contributed by atoms with Crippen LogP contribution >= 0.6 is 0 Å². The van der Waals surface area contributed by atoms with Crippen LogP contribution in [0, 0.1) is 5.41 Å². The predicted octanol–water partition coefficient (Wildman–Crippen LogP) is 2.71. The monoisotopic (exact) mass is 177 g/mol. The topological polar surface area (TPSA) is 40.9 Å². The Labute approximate surface area is 79.1 Å². The van der Waals surface area contributed by atoms with Crippen LogP contribution in [0.1, 0.15) is 25.0 Å². The lowest BCUT2D eigenvalue weighted by molar-refractivity contribution is 0.563. The third-order valence-electron chi connectivity index (χ3n) is 1.81. The summed E-state index contributed by atoms with van der Waals surface area (Å²) >= 11 is 0. The molecule has 0 bridgehead atoms. The van der Waals surface area contributed by atoms with Crippen molar-refractivity contribution in [3.8, 4) is 0 Å². The fraction of sp³-hybridized carbons (Fsp3) is 0.364. The van der Waals surface area contributed by atoms with Crippen molar-refractivity contribution in [3.63, 3.8) is 0 Å². The molecule has 0 aliphatic rings. The fourth-order valence-electron chi connectivity index (χ4n) is 1.07. The molecule has 2 nitrogen and oxygen atoms in total. The molecule has 13 heavy (non-hydrogen) atoms. The molecule has 0 unspecified atom stereocenters. The second-order valence-corrected chi connectivity index (χ2v) is 2.63. The molecule has 1 N–H and O–H groups in total. The zero-order chi connectivity index (χ0) is 10.1. The van der Waals surface area contributed by atoms with E-state index < -0.39 is 0 Å². The molecule has 0 atom stereocenters. The Kier molecular flexibility index (Phi) is 6.48. The van der Waals surface area contributed by atoms with Crippen LogP contribution in [-0.4, -0.2) is 6.08 Å². The summed E-state index contributed by atoms with van der Waals surface area (Å²) in [6.45, 7) is 4.38. The molecule has 0 radical (unpaired) electrons. The molecule has 1 rings (SSSR count). The van der Waals surface area contributed by atoms with Crippen molar-refractivity contribution < 1.29 is 4.79 Å². The standard InChI is InChI=1S/C10H14.CHNO/c1-3-9-6-5-7-10(4-2)8-9;2-1-3/h5-8H,3-4H2,1-2H3;2H. The quantitative estimate of drug-likeness (QED) is 0.547. The Hall–Kier alpha value is -1.40. The van der Waals surface area contributed by atoms with Gasteiger partial charge in [0.05, 0.1) is 0 Å². The SMILES string of the molecule is CCc1cccc(CC)c1.N=C=O. The van der Waals surface area contributed by atoms with Crippen molar-refractivity contribution in [1.29, 1.82) is 5.41 Å². The Morgan fingerprint density at radius 3 is 1.92 bits per heavy atom. The zero-order valence-electron chi connectivity index (χ0n) is 8.13. The molecular formula is C11H15NO. The van der Waals surface area contributed by atoms with Crippen molar-refractivity contribution in [2.24, 2.45) is 0 Å². The van der Waals surface area contributed by atoms with Gasteiger partial charge in [0.2, 0.25) is 6.08 Å². The fourth-order valence-corrected chi connectivity index (χ4v) is 1.07. The first-order valence-electron chi connectivity index (χ1n) is 4.40. The third kappa shape index (κ3) is 4.94. The van der Waals surface area contributed by atoms with Crippen LogP contribution in [0.3, 0.4) is 0 Å². The molecule has 0 fully saturated rings. The number of rotatable bonds is 2. The minimum Gasteiger partial charge on any atom is -0.222 e. The van der Waals surface area contributed by atoms with Crippen molar-refractivity contribution in [2.45, 2.75) is 26.7 Å². The summed E-state index contributed by atoms with van der Waals surface area (Å²) in [6.07, 6.45) is 3.04. The molecule has 0 aromatic heterocycles. The summed E-state index contributed by atoms with van der Waals surface area (Å²) < 4.78 is 0. The first-order valence-corrected chi connectivity index (χ1v) is 4.40. The van der Waals surface area contributed by atoms with E-state index in [2.05, 4.69) is 38.1 Å². The smallest absolute Gasteiger partial charge is 0.222 e. The molecule has 0 aliphatic carbocycles. The zero-order valence-corrected chi connectivity index (χ0v) is 8.13. The Balaban J connectivity index is 0.000000424. The number of hydrogen-bond acceptors (Lipinski definition) is 2. The summed E-state index contributed by atoms with van der Waals surface area (Å²) in [7, 11) is 0. The van der Waals surface area contributed by atoms with Gasteiger partial charge in [0, 0.05) is 0 Å². The molecule has 1 aromatic rings. The highest BCUT2D eigenvalue weighted by molar-refractivity contribution is 5.26. The van der Waals surface area contributed by atoms with E-state index in [0.29, 0.717) is 0 Å². The highest BCUT2D eigenvalue weighted by Crippen LogP contribution is 2.05. The number of nitrogens with one attached hydrogen (secondary N) is 1. The van der Waals surface area contributed by atoms with Crippen molar-refractivity contribution in [3.05, 3.63) is 35.4 Å². The summed E-state index contributed by atoms with van der Waals surface area (Å²) in [5, 5.41) is 5.40. The summed E-state index contributed by atoms with van der Waals surface area (Å²) in [5.74, 6) is 0. The van der Waals surface area contributed by atoms with Gasteiger partial charge in [-0.15, -0.1) is 0 Å². The van der Waals surface area contributed by atoms with Crippen LogP contribution < -0.4 is 0 Å². The number of hydrogen-bond donors (Lipinski definition) is 1. The average Bonchev–Trinajstić information content (AvgIpc) is 2.19. The van der Waals surface area contributed by atoms with Gasteiger partial charge < -0.3 is 0 Å². The van der Waals surface area contributed by atoms with E-state index >= 15 is 0 Å². The Bertz CT molecular complexity index is 256. The van der Waals surface area contributed by atoms with Gasteiger partial charge in [-0.3, -0.25) is 0 Å². The van der Waals surface area contributed by atoms with Gasteiger partial charge in [0.25, 0.3) is 0 Å². The molecular weight excluding hydrogens is 162 g/mol. The maximum atomic E-state index is 8.35. The van der Waals surface area contributed by atoms with Crippen LogP contribution in [0.5, 0.6) is 0 Å². The van der Waals surface area contributed by atoms with E-state index in [1.807, 2.05) is 0 Å². The van der Waals surface area contributed by atoms with Gasteiger partial charge in [-0.25, -0.2) is 10.2 Å². The van der Waals surface area contributed by atoms with E-state index in [0.717, 1.165) is 18.9 Å². The van der Waals surface area contributed by atoms with Crippen molar-refractivity contribution in [1.82, 2.24) is 0 Å². The lowest BCUT2D eigenvalue weighted by atomic mass is 10.1. The first kappa shape index (κ1) is 11.6. The van der Waals surface area contributed by atoms with Crippen LogP contribution in [0.2, 0.25) is 0 Å². The maximum Gasteiger partial charge on any atom is 0.231 e. The number of carbonyl (C=O) groups excluding carboxylic acids is 1. The Morgan fingerprint density at radius 2 is 1.62 bits per heavy atom. The molecule has 2 heteroatoms. The van der Waals surface area contributed by atoms with Gasteiger partial charge in [-0.2, -0.15) is 0 Å². The number of benzene rings is 1. The van der Waals surface area contributed by atoms with E-state index in [1.54, 1.807) is 0 Å². The second-order valence-electron chi connectivity index (χ2n) is 2.63. The van der Waals surface area contributed by atoms with Crippen molar-refractivity contribution >= 4 is 6.08 Å². The van der Waals surface area contributed by atoms with E-state index in [-0.39, 0.29) is 0 Å². The number of isocyanates is 1. The predicted molar refractivity (Wildman–Crippen MR) is 53.6 cm³/mol. The van der Waals surface area contributed by atoms with Crippen molar-refractivity contribution in [2.75, 3.05) is 0 Å². The maximum absolute atomic E-state index is 8.35. The highest BCUT2D eigenvalue weighted by atomic mass is 16.1. The summed E-state index contributed by atoms with van der Waals surface area (Å²) in [6, 6.07) is 8.77. The summed E-state index contributed by atoms with van der Waals surface area (Å²) in [4.78, 5) is 8.35. The molecule has 0 spiro atoms. The van der Waals surface area contributed by atoms with Crippen LogP contribution in [0.25, 0.3) is 0 Å². The molecule has 1 aromatic carbocycles. The van der Waals surface area contributed by atoms with Gasteiger partial charge >= 0.3 is 0 Å². The van der Waals surface area contributed by atoms with Crippen LogP contribution in [-0.2, 0) is 17.6 Å². The van der Waals surface area contributed by atoms with Crippen LogP contribution in [0.15, 0.2) is 24.3 Å². The van der Waals surface area contributed by atoms with Gasteiger partial charge in [-0.05, 0) is 24.0 Å².